The van der Waals surface area contributed by atoms with Crippen LogP contribution in [0.15, 0.2) is 77.5 Å². The van der Waals surface area contributed by atoms with E-state index in [9.17, 15) is 0 Å². The fourth-order valence-electron chi connectivity index (χ4n) is 4.37. The molecular weight excluding hydrogens is 356 g/mol. The van der Waals surface area contributed by atoms with Gasteiger partial charge in [0.25, 0.3) is 0 Å². The quantitative estimate of drug-likeness (QED) is 0.292. The molecule has 2 aromatic heterocycles. The van der Waals surface area contributed by atoms with Gasteiger partial charge in [0.1, 0.15) is 17.5 Å². The van der Waals surface area contributed by atoms with Crippen molar-refractivity contribution >= 4 is 43.6 Å². The van der Waals surface area contributed by atoms with Crippen LogP contribution in [0.2, 0.25) is 0 Å². The first kappa shape index (κ1) is 16.3. The average Bonchev–Trinajstić information content (AvgIpc) is 3.14. The summed E-state index contributed by atoms with van der Waals surface area (Å²) in [7, 11) is 0. The van der Waals surface area contributed by atoms with Gasteiger partial charge < -0.3 is 4.42 Å². The van der Waals surface area contributed by atoms with Gasteiger partial charge >= 0.3 is 0 Å². The Morgan fingerprint density at radius 2 is 1.62 bits per heavy atom. The number of benzene rings is 4. The molecule has 0 unspecified atom stereocenters. The Kier molecular flexibility index (Phi) is 3.30. The molecule has 0 aliphatic rings. The number of aromatic nitrogens is 2. The van der Waals surface area contributed by atoms with E-state index in [4.69, 9.17) is 4.42 Å². The minimum atomic E-state index is 0.884. The molecule has 0 aliphatic carbocycles. The molecule has 138 valence electrons. The fourth-order valence-corrected chi connectivity index (χ4v) is 4.37. The van der Waals surface area contributed by atoms with Gasteiger partial charge in [-0.3, -0.25) is 0 Å². The lowest BCUT2D eigenvalue weighted by molar-refractivity contribution is 0.669. The van der Waals surface area contributed by atoms with Gasteiger partial charge in [0.05, 0.1) is 11.2 Å². The lowest BCUT2D eigenvalue weighted by atomic mass is 9.98. The maximum atomic E-state index is 6.31. The van der Waals surface area contributed by atoms with Crippen LogP contribution in [0, 0.1) is 13.8 Å². The Balaban J connectivity index is 1.74. The molecule has 3 nitrogen and oxygen atoms in total. The molecular formula is C26H18N2O. The zero-order chi connectivity index (χ0) is 19.5. The van der Waals surface area contributed by atoms with Gasteiger partial charge in [0, 0.05) is 27.1 Å². The van der Waals surface area contributed by atoms with Crippen molar-refractivity contribution in [2.24, 2.45) is 0 Å². The average molecular weight is 374 g/mol. The highest BCUT2D eigenvalue weighted by atomic mass is 16.3. The molecule has 0 aliphatic heterocycles. The third kappa shape index (κ3) is 2.31. The summed E-state index contributed by atoms with van der Waals surface area (Å²) in [5, 5.41) is 5.67. The van der Waals surface area contributed by atoms with Crippen molar-refractivity contribution in [3.05, 3.63) is 84.2 Å². The normalized spacial score (nSPS) is 11.8. The van der Waals surface area contributed by atoms with Crippen LogP contribution >= 0.6 is 0 Å². The molecule has 0 atom stereocenters. The van der Waals surface area contributed by atoms with Crippen molar-refractivity contribution in [2.45, 2.75) is 13.8 Å². The van der Waals surface area contributed by atoms with Crippen molar-refractivity contribution in [3.8, 4) is 11.3 Å². The number of fused-ring (bicyclic) bond motifs is 6. The third-order valence-electron chi connectivity index (χ3n) is 5.77. The van der Waals surface area contributed by atoms with Crippen molar-refractivity contribution in [2.75, 3.05) is 0 Å². The maximum Gasteiger partial charge on any atom is 0.145 e. The molecule has 0 saturated carbocycles. The molecule has 0 radical (unpaired) electrons. The van der Waals surface area contributed by atoms with E-state index in [0.717, 1.165) is 49.5 Å². The zero-order valence-electron chi connectivity index (χ0n) is 16.2. The molecule has 2 heterocycles. The molecule has 0 fully saturated rings. The molecule has 6 aromatic rings. The summed E-state index contributed by atoms with van der Waals surface area (Å²) in [6, 6.07) is 23.2. The van der Waals surface area contributed by atoms with Crippen molar-refractivity contribution in [1.29, 1.82) is 0 Å². The highest BCUT2D eigenvalue weighted by Gasteiger charge is 2.17. The Hall–Kier alpha value is -3.72. The molecule has 4 aromatic carbocycles. The SMILES string of the molecule is Cc1ccc2c(ccc3c(-c4ccc(C)c5c4oc4ccccc45)ncnc32)c1. The van der Waals surface area contributed by atoms with Crippen LogP contribution in [0.3, 0.4) is 0 Å². The predicted molar refractivity (Wildman–Crippen MR) is 119 cm³/mol. The minimum absolute atomic E-state index is 0.884. The van der Waals surface area contributed by atoms with Gasteiger partial charge in [-0.2, -0.15) is 0 Å². The molecule has 29 heavy (non-hydrogen) atoms. The lowest BCUT2D eigenvalue weighted by Gasteiger charge is -2.09. The zero-order valence-corrected chi connectivity index (χ0v) is 16.2. The molecule has 3 heteroatoms. The van der Waals surface area contributed by atoms with Crippen molar-refractivity contribution < 1.29 is 4.42 Å². The van der Waals surface area contributed by atoms with Crippen LogP contribution in [0.25, 0.3) is 54.9 Å². The van der Waals surface area contributed by atoms with E-state index in [0.29, 0.717) is 0 Å². The van der Waals surface area contributed by atoms with E-state index >= 15 is 0 Å². The van der Waals surface area contributed by atoms with Crippen LogP contribution < -0.4 is 0 Å². The van der Waals surface area contributed by atoms with Gasteiger partial charge in [-0.05, 0) is 43.0 Å². The van der Waals surface area contributed by atoms with E-state index < -0.39 is 0 Å². The van der Waals surface area contributed by atoms with Crippen molar-refractivity contribution in [1.82, 2.24) is 9.97 Å². The standard InChI is InChI=1S/C26H18N2O/c1-15-7-10-18-17(13-15)9-12-20-24(18)27-14-28-25(20)21-11-8-16(2)23-19-5-3-4-6-22(19)29-26(21)23/h3-14H,1-2H3. The molecule has 0 amide bonds. The van der Waals surface area contributed by atoms with E-state index in [1.807, 2.05) is 12.1 Å². The van der Waals surface area contributed by atoms with Crippen LogP contribution in [0.4, 0.5) is 0 Å². The number of furan rings is 1. The van der Waals surface area contributed by atoms with Gasteiger partial charge in [-0.25, -0.2) is 9.97 Å². The van der Waals surface area contributed by atoms with Gasteiger partial charge in [0.2, 0.25) is 0 Å². The lowest BCUT2D eigenvalue weighted by Crippen LogP contribution is -1.91. The largest absolute Gasteiger partial charge is 0.455 e. The Morgan fingerprint density at radius 3 is 2.55 bits per heavy atom. The second kappa shape index (κ2) is 5.89. The van der Waals surface area contributed by atoms with Gasteiger partial charge in [0.15, 0.2) is 0 Å². The molecule has 0 saturated heterocycles. The number of nitrogens with zero attached hydrogens (tertiary/aromatic N) is 2. The summed E-state index contributed by atoms with van der Waals surface area (Å²) in [5.41, 5.74) is 7.11. The second-order valence-corrected chi connectivity index (χ2v) is 7.64. The minimum Gasteiger partial charge on any atom is -0.455 e. The van der Waals surface area contributed by atoms with Gasteiger partial charge in [-0.15, -0.1) is 0 Å². The van der Waals surface area contributed by atoms with E-state index in [-0.39, 0.29) is 0 Å². The Labute approximate surface area is 167 Å². The van der Waals surface area contributed by atoms with E-state index in [1.54, 1.807) is 6.33 Å². The predicted octanol–water partition coefficient (Wildman–Crippen LogP) is 6.97. The van der Waals surface area contributed by atoms with Crippen LogP contribution in [0.1, 0.15) is 11.1 Å². The summed E-state index contributed by atoms with van der Waals surface area (Å²) in [6.07, 6.45) is 1.66. The molecule has 0 bridgehead atoms. The third-order valence-corrected chi connectivity index (χ3v) is 5.77. The Morgan fingerprint density at radius 1 is 0.759 bits per heavy atom. The summed E-state index contributed by atoms with van der Waals surface area (Å²) in [5.74, 6) is 0. The van der Waals surface area contributed by atoms with Crippen LogP contribution in [-0.4, -0.2) is 9.97 Å². The van der Waals surface area contributed by atoms with Gasteiger partial charge in [-0.1, -0.05) is 54.1 Å². The second-order valence-electron chi connectivity index (χ2n) is 7.64. The number of hydrogen-bond donors (Lipinski definition) is 0. The van der Waals surface area contributed by atoms with Crippen LogP contribution in [-0.2, 0) is 0 Å². The first-order valence-electron chi connectivity index (χ1n) is 9.76. The summed E-state index contributed by atoms with van der Waals surface area (Å²) in [6.45, 7) is 4.24. The van der Waals surface area contributed by atoms with Crippen molar-refractivity contribution in [3.63, 3.8) is 0 Å². The van der Waals surface area contributed by atoms with E-state index in [1.165, 1.54) is 16.5 Å². The van der Waals surface area contributed by atoms with E-state index in [2.05, 4.69) is 78.4 Å². The summed E-state index contributed by atoms with van der Waals surface area (Å²) in [4.78, 5) is 9.30. The molecule has 6 rings (SSSR count). The fraction of sp³-hybridized carbons (Fsp3) is 0.0769. The number of rotatable bonds is 1. The topological polar surface area (TPSA) is 38.9 Å². The highest BCUT2D eigenvalue weighted by molar-refractivity contribution is 6.15. The number of aryl methyl sites for hydroxylation is 2. The molecule has 0 N–H and O–H groups in total. The Bertz CT molecular complexity index is 1580. The summed E-state index contributed by atoms with van der Waals surface area (Å²) >= 11 is 0. The number of para-hydroxylation sites is 1. The monoisotopic (exact) mass is 374 g/mol. The highest BCUT2D eigenvalue weighted by Crippen LogP contribution is 2.39. The molecule has 0 spiro atoms. The maximum absolute atomic E-state index is 6.31. The number of hydrogen-bond acceptors (Lipinski definition) is 3. The smallest absolute Gasteiger partial charge is 0.145 e. The first-order valence-corrected chi connectivity index (χ1v) is 9.76. The summed E-state index contributed by atoms with van der Waals surface area (Å²) < 4.78 is 6.31. The first-order chi connectivity index (χ1) is 14.2. The van der Waals surface area contributed by atoms with Crippen LogP contribution in [0.5, 0.6) is 0 Å².